The first-order valence-corrected chi connectivity index (χ1v) is 35.4. The van der Waals surface area contributed by atoms with Gasteiger partial charge in [0.2, 0.25) is 0 Å². The minimum atomic E-state index is -2.21. The maximum atomic E-state index is 5.80. The summed E-state index contributed by atoms with van der Waals surface area (Å²) in [5.74, 6) is 0. The minimum absolute atomic E-state index is 0.775. The van der Waals surface area contributed by atoms with E-state index in [9.17, 15) is 0 Å². The third kappa shape index (κ3) is 5.86. The van der Waals surface area contributed by atoms with Crippen molar-refractivity contribution in [3.8, 4) is 0 Å². The molecule has 0 saturated heterocycles. The summed E-state index contributed by atoms with van der Waals surface area (Å²) < 4.78 is 5.80. The monoisotopic (exact) mass is 668 g/mol. The average Bonchev–Trinajstić information content (AvgIpc) is 2.02. The van der Waals surface area contributed by atoms with Gasteiger partial charge in [0.05, 0.1) is 0 Å². The molecule has 0 aliphatic rings. The fourth-order valence-electron chi connectivity index (χ4n) is 0.739. The van der Waals surface area contributed by atoms with Crippen LogP contribution in [0.4, 0.5) is 0 Å². The normalized spacial score (nSPS) is 11.6. The van der Waals surface area contributed by atoms with Gasteiger partial charge in [-0.25, -0.2) is 0 Å². The molecule has 0 fully saturated rings. The number of hydrogen-bond donors (Lipinski definition) is 0. The van der Waals surface area contributed by atoms with Gasteiger partial charge in [-0.2, -0.15) is 0 Å². The van der Waals surface area contributed by atoms with E-state index in [-0.39, 0.29) is 0 Å². The predicted molar refractivity (Wildman–Crippen MR) is 73.3 cm³/mol. The van der Waals surface area contributed by atoms with Crippen LogP contribution in [0, 0.1) is 0 Å². The summed E-state index contributed by atoms with van der Waals surface area (Å²) in [7, 11) is -2.21. The second kappa shape index (κ2) is 5.96. The first-order valence-electron chi connectivity index (χ1n) is 3.32. The number of rotatable bonds is 3. The Bertz CT molecular complexity index is 234. The summed E-state index contributed by atoms with van der Waals surface area (Å²) >= 11 is 7.43. The van der Waals surface area contributed by atoms with Crippen molar-refractivity contribution < 1.29 is 10.8 Å². The Kier molecular flexibility index (Phi) is 6.12. The molecular formula is C7H7HfI3O. The number of halogens is 3. The Hall–Kier alpha value is 2.24. The number of hydrogen-bond acceptors (Lipinski definition) is 1. The van der Waals surface area contributed by atoms with Crippen LogP contribution in [0.5, 0.6) is 0 Å². The molecule has 5 heteroatoms. The molecule has 0 spiro atoms. The molecule has 1 aromatic rings. The van der Waals surface area contributed by atoms with E-state index in [2.05, 4.69) is 66.5 Å². The Morgan fingerprint density at radius 3 is 2.17 bits per heavy atom. The Balaban J connectivity index is 2.44. The zero-order valence-electron chi connectivity index (χ0n) is 6.14. The van der Waals surface area contributed by atoms with Gasteiger partial charge in [0, 0.05) is 0 Å². The predicted octanol–water partition coefficient (Wildman–Crippen LogP) is 4.32. The molecule has 66 valence electrons. The molecule has 1 aromatic carbocycles. The molecule has 0 unspecified atom stereocenters. The molecule has 0 amide bonds. The van der Waals surface area contributed by atoms with Crippen molar-refractivity contribution in [1.82, 2.24) is 0 Å². The van der Waals surface area contributed by atoms with Gasteiger partial charge in [-0.05, 0) is 0 Å². The Morgan fingerprint density at radius 2 is 1.67 bits per heavy atom. The van der Waals surface area contributed by atoms with Crippen molar-refractivity contribution in [3.63, 3.8) is 0 Å². The van der Waals surface area contributed by atoms with Gasteiger partial charge in [0.15, 0.2) is 0 Å². The van der Waals surface area contributed by atoms with Crippen molar-refractivity contribution in [2.24, 2.45) is 0 Å². The SMILES string of the molecule is [I][Hf]([I])([I])[O]Cc1ccccc1. The molecule has 0 aromatic heterocycles. The molecule has 1 nitrogen and oxygen atoms in total. The van der Waals surface area contributed by atoms with Crippen LogP contribution in [0.15, 0.2) is 30.3 Å². The van der Waals surface area contributed by atoms with Crippen LogP contribution < -0.4 is 0 Å². The summed E-state index contributed by atoms with van der Waals surface area (Å²) in [5, 5.41) is 0. The van der Waals surface area contributed by atoms with Gasteiger partial charge in [0.25, 0.3) is 0 Å². The van der Waals surface area contributed by atoms with Crippen molar-refractivity contribution in [3.05, 3.63) is 35.9 Å². The molecule has 1 rings (SSSR count). The molecule has 0 heterocycles. The Labute approximate surface area is 105 Å². The molecule has 0 saturated carbocycles. The number of benzene rings is 1. The van der Waals surface area contributed by atoms with Crippen molar-refractivity contribution in [1.29, 1.82) is 0 Å². The molecule has 0 aliphatic carbocycles. The fourth-order valence-corrected chi connectivity index (χ4v) is 5.75. The van der Waals surface area contributed by atoms with Gasteiger partial charge >= 0.3 is 108 Å². The summed E-state index contributed by atoms with van der Waals surface area (Å²) in [6.45, 7) is 0.775. The van der Waals surface area contributed by atoms with Crippen LogP contribution >= 0.6 is 54.4 Å². The van der Waals surface area contributed by atoms with Crippen LogP contribution in [0.3, 0.4) is 0 Å². The first-order chi connectivity index (χ1) is 5.58. The molecule has 0 radical (unpaired) electrons. The van der Waals surface area contributed by atoms with E-state index in [0.717, 1.165) is 6.61 Å². The van der Waals surface area contributed by atoms with E-state index in [0.29, 0.717) is 0 Å². The summed E-state index contributed by atoms with van der Waals surface area (Å²) in [5.41, 5.74) is 1.27. The van der Waals surface area contributed by atoms with E-state index in [4.69, 9.17) is 2.85 Å². The maximum absolute atomic E-state index is 5.80. The molecule has 0 bridgehead atoms. The standard InChI is InChI=1S/C7H7O.Hf.3HI/c8-6-7-4-2-1-3-5-7;;;;/h1-5H,6H2;;3*1H/q-1;+4;;;/p-3. The van der Waals surface area contributed by atoms with Gasteiger partial charge < -0.3 is 0 Å². The van der Waals surface area contributed by atoms with Gasteiger partial charge in [-0.3, -0.25) is 0 Å². The zero-order valence-corrected chi connectivity index (χ0v) is 16.2. The third-order valence-corrected chi connectivity index (χ3v) is 10.6. The Morgan fingerprint density at radius 1 is 1.08 bits per heavy atom. The van der Waals surface area contributed by atoms with Crippen molar-refractivity contribution in [2.75, 3.05) is 0 Å². The topological polar surface area (TPSA) is 9.23 Å². The quantitative estimate of drug-likeness (QED) is 0.346. The second-order valence-electron chi connectivity index (χ2n) is 2.22. The van der Waals surface area contributed by atoms with E-state index in [1.165, 1.54) is 5.56 Å². The van der Waals surface area contributed by atoms with Crippen molar-refractivity contribution >= 4 is 54.4 Å². The summed E-state index contributed by atoms with van der Waals surface area (Å²) in [6, 6.07) is 10.3. The van der Waals surface area contributed by atoms with Crippen LogP contribution in [0.2, 0.25) is 0 Å². The van der Waals surface area contributed by atoms with E-state index >= 15 is 0 Å². The molecule has 0 N–H and O–H groups in total. The van der Waals surface area contributed by atoms with Gasteiger partial charge in [-0.1, -0.05) is 0 Å². The summed E-state index contributed by atoms with van der Waals surface area (Å²) in [4.78, 5) is 0. The summed E-state index contributed by atoms with van der Waals surface area (Å²) in [6.07, 6.45) is 0. The van der Waals surface area contributed by atoms with Gasteiger partial charge in [0.1, 0.15) is 0 Å². The van der Waals surface area contributed by atoms with Crippen LogP contribution in [-0.2, 0) is 17.4 Å². The molecule has 12 heavy (non-hydrogen) atoms. The van der Waals surface area contributed by atoms with E-state index < -0.39 is 7.94 Å². The van der Waals surface area contributed by atoms with E-state index in [1.807, 2.05) is 18.2 Å². The van der Waals surface area contributed by atoms with Gasteiger partial charge in [-0.15, -0.1) is 0 Å². The third-order valence-electron chi connectivity index (χ3n) is 1.25. The molecule has 0 atom stereocenters. The van der Waals surface area contributed by atoms with Crippen LogP contribution in [0.25, 0.3) is 0 Å². The zero-order chi connectivity index (χ0) is 9.03. The van der Waals surface area contributed by atoms with Crippen LogP contribution in [-0.4, -0.2) is 0 Å². The second-order valence-corrected chi connectivity index (χ2v) is 94.5. The average molecular weight is 666 g/mol. The molecular weight excluding hydrogens is 659 g/mol. The molecule has 0 aliphatic heterocycles. The fraction of sp³-hybridized carbons (Fsp3) is 0.143. The van der Waals surface area contributed by atoms with Crippen LogP contribution in [0.1, 0.15) is 5.56 Å². The van der Waals surface area contributed by atoms with E-state index in [1.54, 1.807) is 0 Å². The first kappa shape index (κ1) is 12.3. The van der Waals surface area contributed by atoms with Crippen molar-refractivity contribution in [2.45, 2.75) is 6.61 Å².